The number of hydrogen-bond acceptors (Lipinski definition) is 5. The van der Waals surface area contributed by atoms with Gasteiger partial charge in [-0.15, -0.1) is 0 Å². The first-order valence-electron chi connectivity index (χ1n) is 7.79. The fourth-order valence-electron chi connectivity index (χ4n) is 2.23. The number of ether oxygens (including phenoxy) is 2. The van der Waals surface area contributed by atoms with E-state index in [9.17, 15) is 4.79 Å². The summed E-state index contributed by atoms with van der Waals surface area (Å²) in [4.78, 5) is 16.1. The van der Waals surface area contributed by atoms with Gasteiger partial charge in [-0.25, -0.2) is 4.98 Å². The maximum atomic E-state index is 12.0. The molecule has 3 aromatic rings. The average molecular weight is 354 g/mol. The number of amides is 1. The Hall–Kier alpha value is -2.86. The van der Waals surface area contributed by atoms with Crippen LogP contribution in [0.2, 0.25) is 0 Å². The SMILES string of the molecule is COc1ccc(CC(=O)NCc2ccc(Oc3nccs3)cc2)cc1. The molecule has 3 rings (SSSR count). The number of benzene rings is 2. The van der Waals surface area contributed by atoms with Gasteiger partial charge >= 0.3 is 0 Å². The maximum Gasteiger partial charge on any atom is 0.278 e. The third-order valence-corrected chi connectivity index (χ3v) is 4.20. The minimum atomic E-state index is -0.0201. The molecule has 0 bridgehead atoms. The fourth-order valence-corrected chi connectivity index (χ4v) is 2.73. The number of aromatic nitrogens is 1. The van der Waals surface area contributed by atoms with E-state index in [1.54, 1.807) is 13.3 Å². The maximum absolute atomic E-state index is 12.0. The van der Waals surface area contributed by atoms with E-state index in [1.165, 1.54) is 11.3 Å². The Labute approximate surface area is 150 Å². The summed E-state index contributed by atoms with van der Waals surface area (Å²) in [5, 5.41) is 5.39. The molecule has 1 amide bonds. The second kappa shape index (κ2) is 8.30. The van der Waals surface area contributed by atoms with Crippen molar-refractivity contribution in [2.75, 3.05) is 7.11 Å². The van der Waals surface area contributed by atoms with Gasteiger partial charge in [-0.05, 0) is 35.4 Å². The molecule has 1 N–H and O–H groups in total. The zero-order valence-electron chi connectivity index (χ0n) is 13.8. The van der Waals surface area contributed by atoms with Crippen molar-refractivity contribution in [1.82, 2.24) is 10.3 Å². The number of rotatable bonds is 7. The van der Waals surface area contributed by atoms with Gasteiger partial charge in [-0.2, -0.15) is 0 Å². The standard InChI is InChI=1S/C19H18N2O3S/c1-23-16-6-2-14(3-7-16)12-18(22)21-13-15-4-8-17(9-5-15)24-19-20-10-11-25-19/h2-11H,12-13H2,1H3,(H,21,22). The first-order chi connectivity index (χ1) is 12.2. The number of carbonyl (C=O) groups excluding carboxylic acids is 1. The predicted octanol–water partition coefficient (Wildman–Crippen LogP) is 3.80. The van der Waals surface area contributed by atoms with Crippen LogP contribution in [0, 0.1) is 0 Å². The van der Waals surface area contributed by atoms with Crippen molar-refractivity contribution < 1.29 is 14.3 Å². The minimum Gasteiger partial charge on any atom is -0.497 e. The van der Waals surface area contributed by atoms with Crippen molar-refractivity contribution in [3.63, 3.8) is 0 Å². The van der Waals surface area contributed by atoms with Crippen LogP contribution in [0.1, 0.15) is 11.1 Å². The van der Waals surface area contributed by atoms with Gasteiger partial charge in [-0.1, -0.05) is 35.6 Å². The van der Waals surface area contributed by atoms with Gasteiger partial charge in [0.2, 0.25) is 5.91 Å². The monoisotopic (exact) mass is 354 g/mol. The second-order valence-electron chi connectivity index (χ2n) is 5.35. The lowest BCUT2D eigenvalue weighted by molar-refractivity contribution is -0.120. The van der Waals surface area contributed by atoms with Crippen LogP contribution < -0.4 is 14.8 Å². The first kappa shape index (κ1) is 17.0. The van der Waals surface area contributed by atoms with Gasteiger partial charge < -0.3 is 14.8 Å². The molecule has 0 fully saturated rings. The topological polar surface area (TPSA) is 60.5 Å². The zero-order valence-corrected chi connectivity index (χ0v) is 14.6. The summed E-state index contributed by atoms with van der Waals surface area (Å²) in [6.45, 7) is 0.479. The Kier molecular flexibility index (Phi) is 5.64. The molecule has 0 aliphatic heterocycles. The normalized spacial score (nSPS) is 10.3. The number of hydrogen-bond donors (Lipinski definition) is 1. The summed E-state index contributed by atoms with van der Waals surface area (Å²) in [6.07, 6.45) is 2.04. The molecular weight excluding hydrogens is 336 g/mol. The summed E-state index contributed by atoms with van der Waals surface area (Å²) >= 11 is 1.44. The van der Waals surface area contributed by atoms with E-state index < -0.39 is 0 Å². The van der Waals surface area contributed by atoms with Gasteiger partial charge in [0, 0.05) is 18.1 Å². The van der Waals surface area contributed by atoms with Crippen molar-refractivity contribution in [3.8, 4) is 16.7 Å². The number of carbonyl (C=O) groups is 1. The molecule has 1 aromatic heterocycles. The van der Waals surface area contributed by atoms with Crippen LogP contribution in [-0.4, -0.2) is 18.0 Å². The molecule has 1 heterocycles. The van der Waals surface area contributed by atoms with Crippen LogP contribution in [-0.2, 0) is 17.8 Å². The van der Waals surface area contributed by atoms with Crippen molar-refractivity contribution in [3.05, 3.63) is 71.2 Å². The number of nitrogens with zero attached hydrogens (tertiary/aromatic N) is 1. The summed E-state index contributed by atoms with van der Waals surface area (Å²) in [6, 6.07) is 15.1. The van der Waals surface area contributed by atoms with Crippen molar-refractivity contribution in [2.45, 2.75) is 13.0 Å². The van der Waals surface area contributed by atoms with E-state index in [1.807, 2.05) is 53.9 Å². The van der Waals surface area contributed by atoms with E-state index in [4.69, 9.17) is 9.47 Å². The summed E-state index contributed by atoms with van der Waals surface area (Å²) in [5.41, 5.74) is 1.96. The molecule has 0 saturated carbocycles. The largest absolute Gasteiger partial charge is 0.497 e. The highest BCUT2D eigenvalue weighted by atomic mass is 32.1. The van der Waals surface area contributed by atoms with E-state index in [-0.39, 0.29) is 5.91 Å². The second-order valence-corrected chi connectivity index (χ2v) is 6.20. The summed E-state index contributed by atoms with van der Waals surface area (Å²) in [7, 11) is 1.62. The zero-order chi connectivity index (χ0) is 17.5. The van der Waals surface area contributed by atoms with Crippen LogP contribution in [0.4, 0.5) is 0 Å². The molecule has 128 valence electrons. The molecule has 6 heteroatoms. The van der Waals surface area contributed by atoms with Gasteiger partial charge in [0.15, 0.2) is 0 Å². The van der Waals surface area contributed by atoms with Crippen LogP contribution in [0.3, 0.4) is 0 Å². The number of methoxy groups -OCH3 is 1. The smallest absolute Gasteiger partial charge is 0.278 e. The third kappa shape index (κ3) is 5.06. The third-order valence-electron chi connectivity index (χ3n) is 3.55. The molecule has 0 unspecified atom stereocenters. The van der Waals surface area contributed by atoms with E-state index in [0.717, 1.165) is 22.6 Å². The average Bonchev–Trinajstić information content (AvgIpc) is 3.15. The lowest BCUT2D eigenvalue weighted by atomic mass is 10.1. The molecule has 2 aromatic carbocycles. The molecule has 0 atom stereocenters. The van der Waals surface area contributed by atoms with Gasteiger partial charge in [0.05, 0.1) is 13.5 Å². The lowest BCUT2D eigenvalue weighted by Gasteiger charge is -2.07. The van der Waals surface area contributed by atoms with Crippen molar-refractivity contribution in [1.29, 1.82) is 0 Å². The molecule has 0 radical (unpaired) electrons. The highest BCUT2D eigenvalue weighted by molar-refractivity contribution is 7.11. The minimum absolute atomic E-state index is 0.0201. The van der Waals surface area contributed by atoms with Gasteiger partial charge in [-0.3, -0.25) is 4.79 Å². The van der Waals surface area contributed by atoms with E-state index in [2.05, 4.69) is 10.3 Å². The van der Waals surface area contributed by atoms with Crippen LogP contribution >= 0.6 is 11.3 Å². The van der Waals surface area contributed by atoms with Crippen molar-refractivity contribution >= 4 is 17.2 Å². The molecule has 5 nitrogen and oxygen atoms in total. The predicted molar refractivity (Wildman–Crippen MR) is 97.2 cm³/mol. The number of thiazole rings is 1. The molecule has 0 saturated heterocycles. The van der Waals surface area contributed by atoms with Gasteiger partial charge in [0.1, 0.15) is 11.5 Å². The Morgan fingerprint density at radius 1 is 1.04 bits per heavy atom. The molecule has 0 aliphatic carbocycles. The van der Waals surface area contributed by atoms with Crippen LogP contribution in [0.25, 0.3) is 0 Å². The quantitative estimate of drug-likeness (QED) is 0.701. The van der Waals surface area contributed by atoms with Crippen LogP contribution in [0.15, 0.2) is 60.1 Å². The lowest BCUT2D eigenvalue weighted by Crippen LogP contribution is -2.24. The molecule has 25 heavy (non-hydrogen) atoms. The fraction of sp³-hybridized carbons (Fsp3) is 0.158. The summed E-state index contributed by atoms with van der Waals surface area (Å²) in [5.74, 6) is 1.49. The van der Waals surface area contributed by atoms with Crippen molar-refractivity contribution in [2.24, 2.45) is 0 Å². The van der Waals surface area contributed by atoms with Gasteiger partial charge in [0.25, 0.3) is 5.19 Å². The number of nitrogens with one attached hydrogen (secondary N) is 1. The Balaban J connectivity index is 1.48. The Morgan fingerprint density at radius 2 is 1.72 bits per heavy atom. The molecule has 0 aliphatic rings. The molecule has 0 spiro atoms. The van der Waals surface area contributed by atoms with E-state index >= 15 is 0 Å². The highest BCUT2D eigenvalue weighted by Crippen LogP contribution is 2.23. The van der Waals surface area contributed by atoms with Crippen LogP contribution in [0.5, 0.6) is 16.7 Å². The Bertz CT molecular complexity index is 800. The Morgan fingerprint density at radius 3 is 2.36 bits per heavy atom. The van der Waals surface area contributed by atoms with E-state index in [0.29, 0.717) is 18.2 Å². The molecular formula is C19H18N2O3S. The highest BCUT2D eigenvalue weighted by Gasteiger charge is 2.05. The summed E-state index contributed by atoms with van der Waals surface area (Å²) < 4.78 is 10.7. The first-order valence-corrected chi connectivity index (χ1v) is 8.67.